The second kappa shape index (κ2) is 12.0. The third-order valence-electron chi connectivity index (χ3n) is 9.19. The van der Waals surface area contributed by atoms with Crippen LogP contribution in [-0.4, -0.2) is 59.9 Å². The van der Waals surface area contributed by atoms with Crippen molar-refractivity contribution in [3.8, 4) is 0 Å². The quantitative estimate of drug-likeness (QED) is 0.343. The predicted octanol–water partition coefficient (Wildman–Crippen LogP) is 6.29. The van der Waals surface area contributed by atoms with Gasteiger partial charge in [-0.25, -0.2) is 0 Å². The standard InChI is InChI=1S/C36H41N3O3/c1-25-8-6-10-29(22-25)24-39-32-11-4-5-13-33(32)42-34(36(39)41)23-28-14-16-30(17-15-28)35(40)38-20-18-37(19-21-38)31-12-7-9-26(2)27(31)3/h6-10,12,14-17,22-23,32-33H,4-5,11,13,18-21,24H2,1-3H3/b34-23+. The van der Waals surface area contributed by atoms with E-state index in [1.807, 2.05) is 40.1 Å². The number of carbonyl (C=O) groups excluding carboxylic acids is 2. The lowest BCUT2D eigenvalue weighted by Gasteiger charge is -2.44. The molecule has 0 bridgehead atoms. The summed E-state index contributed by atoms with van der Waals surface area (Å²) in [6.45, 7) is 10.0. The summed E-state index contributed by atoms with van der Waals surface area (Å²) in [5.74, 6) is 0.392. The molecule has 0 spiro atoms. The van der Waals surface area contributed by atoms with E-state index in [-0.39, 0.29) is 24.0 Å². The molecular weight excluding hydrogens is 522 g/mol. The smallest absolute Gasteiger partial charge is 0.289 e. The lowest BCUT2D eigenvalue weighted by molar-refractivity contribution is -0.149. The molecule has 6 rings (SSSR count). The molecule has 2 atom stereocenters. The van der Waals surface area contributed by atoms with Gasteiger partial charge in [0.15, 0.2) is 5.76 Å². The highest BCUT2D eigenvalue weighted by Gasteiger charge is 2.41. The zero-order chi connectivity index (χ0) is 29.2. The van der Waals surface area contributed by atoms with Gasteiger partial charge in [-0.1, -0.05) is 60.5 Å². The Morgan fingerprint density at radius 1 is 0.905 bits per heavy atom. The molecule has 2 saturated heterocycles. The largest absolute Gasteiger partial charge is 0.482 e. The van der Waals surface area contributed by atoms with E-state index in [2.05, 4.69) is 68.1 Å². The Hall–Kier alpha value is -4.06. The number of ether oxygens (including phenoxy) is 1. The first kappa shape index (κ1) is 28.1. The second-order valence-electron chi connectivity index (χ2n) is 12.1. The van der Waals surface area contributed by atoms with Crippen LogP contribution in [0.1, 0.15) is 63.9 Å². The van der Waals surface area contributed by atoms with Crippen LogP contribution in [0.15, 0.2) is 72.5 Å². The number of nitrogens with zero attached hydrogens (tertiary/aromatic N) is 3. The van der Waals surface area contributed by atoms with Crippen molar-refractivity contribution in [1.29, 1.82) is 0 Å². The summed E-state index contributed by atoms with van der Waals surface area (Å²) < 4.78 is 6.32. The first-order valence-corrected chi connectivity index (χ1v) is 15.3. The Morgan fingerprint density at radius 2 is 1.64 bits per heavy atom. The van der Waals surface area contributed by atoms with Crippen LogP contribution in [0.25, 0.3) is 6.08 Å². The van der Waals surface area contributed by atoms with Crippen LogP contribution in [0.2, 0.25) is 0 Å². The molecular formula is C36H41N3O3. The number of piperazine rings is 1. The van der Waals surface area contributed by atoms with E-state index >= 15 is 0 Å². The fourth-order valence-corrected chi connectivity index (χ4v) is 6.65. The van der Waals surface area contributed by atoms with Crippen molar-refractivity contribution in [2.45, 2.75) is 65.1 Å². The van der Waals surface area contributed by atoms with Gasteiger partial charge >= 0.3 is 0 Å². The number of anilines is 1. The Kier molecular flexibility index (Phi) is 8.05. The summed E-state index contributed by atoms with van der Waals surface area (Å²) >= 11 is 0. The topological polar surface area (TPSA) is 53.1 Å². The summed E-state index contributed by atoms with van der Waals surface area (Å²) in [7, 11) is 0. The van der Waals surface area contributed by atoms with Crippen molar-refractivity contribution < 1.29 is 14.3 Å². The lowest BCUT2D eigenvalue weighted by atomic mass is 9.89. The van der Waals surface area contributed by atoms with Gasteiger partial charge in [0.05, 0.1) is 6.04 Å². The highest BCUT2D eigenvalue weighted by molar-refractivity contribution is 5.97. The summed E-state index contributed by atoms with van der Waals surface area (Å²) in [5.41, 5.74) is 7.73. The van der Waals surface area contributed by atoms with E-state index < -0.39 is 0 Å². The van der Waals surface area contributed by atoms with Crippen molar-refractivity contribution in [1.82, 2.24) is 9.80 Å². The minimum absolute atomic E-state index is 0.0237. The molecule has 0 aromatic heterocycles. The number of aryl methyl sites for hydroxylation is 2. The fourth-order valence-electron chi connectivity index (χ4n) is 6.65. The molecule has 3 aliphatic rings. The van der Waals surface area contributed by atoms with Crippen molar-refractivity contribution in [3.63, 3.8) is 0 Å². The second-order valence-corrected chi connectivity index (χ2v) is 12.1. The zero-order valence-corrected chi connectivity index (χ0v) is 25.0. The number of carbonyl (C=O) groups is 2. The van der Waals surface area contributed by atoms with E-state index in [0.29, 0.717) is 31.0 Å². The molecule has 218 valence electrons. The average molecular weight is 564 g/mol. The highest BCUT2D eigenvalue weighted by atomic mass is 16.5. The molecule has 42 heavy (non-hydrogen) atoms. The molecule has 1 saturated carbocycles. The number of benzene rings is 3. The molecule has 6 heteroatoms. The van der Waals surface area contributed by atoms with Gasteiger partial charge in [-0.15, -0.1) is 0 Å². The third kappa shape index (κ3) is 5.80. The van der Waals surface area contributed by atoms with Crippen molar-refractivity contribution in [3.05, 3.63) is 106 Å². The van der Waals surface area contributed by atoms with E-state index in [9.17, 15) is 9.59 Å². The first-order chi connectivity index (χ1) is 20.4. The molecule has 0 radical (unpaired) electrons. The van der Waals surface area contributed by atoms with Gasteiger partial charge in [0.25, 0.3) is 11.8 Å². The third-order valence-corrected chi connectivity index (χ3v) is 9.19. The maximum atomic E-state index is 13.7. The van der Waals surface area contributed by atoms with E-state index in [0.717, 1.165) is 49.9 Å². The molecule has 3 aromatic carbocycles. The lowest BCUT2D eigenvalue weighted by Crippen LogP contribution is -2.54. The van der Waals surface area contributed by atoms with Gasteiger partial charge in [0.2, 0.25) is 0 Å². The Balaban J connectivity index is 1.13. The van der Waals surface area contributed by atoms with Crippen molar-refractivity contribution >= 4 is 23.6 Å². The number of morpholine rings is 1. The summed E-state index contributed by atoms with van der Waals surface area (Å²) in [6.07, 6.45) is 6.05. The molecule has 6 nitrogen and oxygen atoms in total. The Morgan fingerprint density at radius 3 is 2.40 bits per heavy atom. The molecule has 2 amide bonds. The predicted molar refractivity (Wildman–Crippen MR) is 167 cm³/mol. The maximum Gasteiger partial charge on any atom is 0.289 e. The van der Waals surface area contributed by atoms with Gasteiger partial charge < -0.3 is 19.4 Å². The first-order valence-electron chi connectivity index (χ1n) is 15.3. The maximum absolute atomic E-state index is 13.7. The number of hydrogen-bond donors (Lipinski definition) is 0. The highest BCUT2D eigenvalue weighted by Crippen LogP contribution is 2.34. The minimum atomic E-state index is -0.0541. The van der Waals surface area contributed by atoms with Crippen LogP contribution in [0.4, 0.5) is 5.69 Å². The van der Waals surface area contributed by atoms with Crippen LogP contribution in [-0.2, 0) is 16.1 Å². The zero-order valence-electron chi connectivity index (χ0n) is 25.0. The number of fused-ring (bicyclic) bond motifs is 1. The van der Waals surface area contributed by atoms with Gasteiger partial charge in [-0.2, -0.15) is 0 Å². The van der Waals surface area contributed by atoms with Crippen molar-refractivity contribution in [2.75, 3.05) is 31.1 Å². The van der Waals surface area contributed by atoms with Crippen LogP contribution >= 0.6 is 0 Å². The SMILES string of the molecule is Cc1cccc(CN2C(=O)/C(=C\c3ccc(C(=O)N4CCN(c5cccc(C)c5C)CC4)cc3)OC3CCCCC32)c1. The summed E-state index contributed by atoms with van der Waals surface area (Å²) in [5, 5.41) is 0. The van der Waals surface area contributed by atoms with Crippen LogP contribution in [0, 0.1) is 20.8 Å². The molecule has 2 unspecified atom stereocenters. The van der Waals surface area contributed by atoms with E-state index in [4.69, 9.17) is 4.74 Å². The molecule has 3 fully saturated rings. The monoisotopic (exact) mass is 563 g/mol. The van der Waals surface area contributed by atoms with E-state index in [1.165, 1.54) is 22.4 Å². The number of amides is 2. The molecule has 2 aliphatic heterocycles. The molecule has 2 heterocycles. The Labute approximate surface area is 249 Å². The molecule has 1 aliphatic carbocycles. The number of hydrogen-bond acceptors (Lipinski definition) is 4. The van der Waals surface area contributed by atoms with Gasteiger partial charge in [0, 0.05) is 44.0 Å². The minimum Gasteiger partial charge on any atom is -0.482 e. The number of rotatable bonds is 5. The van der Waals surface area contributed by atoms with E-state index in [1.54, 1.807) is 0 Å². The van der Waals surface area contributed by atoms with Crippen LogP contribution in [0.3, 0.4) is 0 Å². The molecule has 0 N–H and O–H groups in total. The van der Waals surface area contributed by atoms with Gasteiger partial charge in [-0.3, -0.25) is 9.59 Å². The van der Waals surface area contributed by atoms with Crippen molar-refractivity contribution in [2.24, 2.45) is 0 Å². The summed E-state index contributed by atoms with van der Waals surface area (Å²) in [6, 6.07) is 22.5. The van der Waals surface area contributed by atoms with Gasteiger partial charge in [-0.05, 0) is 86.6 Å². The van der Waals surface area contributed by atoms with Gasteiger partial charge in [0.1, 0.15) is 6.10 Å². The van der Waals surface area contributed by atoms with Crippen LogP contribution < -0.4 is 4.90 Å². The average Bonchev–Trinajstić information content (AvgIpc) is 3.01. The molecule has 3 aromatic rings. The Bertz CT molecular complexity index is 1490. The summed E-state index contributed by atoms with van der Waals surface area (Å²) in [4.78, 5) is 33.3. The van der Waals surface area contributed by atoms with Crippen LogP contribution in [0.5, 0.6) is 0 Å². The fraction of sp³-hybridized carbons (Fsp3) is 0.389. The normalized spacial score (nSPS) is 21.7.